The van der Waals surface area contributed by atoms with Gasteiger partial charge in [0.1, 0.15) is 5.75 Å². The lowest BCUT2D eigenvalue weighted by molar-refractivity contribution is -0.118. The molecule has 2 amide bonds. The highest BCUT2D eigenvalue weighted by Gasteiger charge is 2.29. The molecular formula is C20H22N2O3. The van der Waals surface area contributed by atoms with Crippen LogP contribution in [0.3, 0.4) is 0 Å². The second-order valence-electron chi connectivity index (χ2n) is 6.45. The van der Waals surface area contributed by atoms with Crippen LogP contribution in [0.25, 0.3) is 0 Å². The number of ether oxygens (including phenoxy) is 1. The summed E-state index contributed by atoms with van der Waals surface area (Å²) in [7, 11) is 0. The highest BCUT2D eigenvalue weighted by Crippen LogP contribution is 2.30. The number of hydrogen-bond donors (Lipinski definition) is 2. The maximum atomic E-state index is 12.1. The molecule has 130 valence electrons. The van der Waals surface area contributed by atoms with Crippen molar-refractivity contribution < 1.29 is 14.3 Å². The Kier molecular flexibility index (Phi) is 5.03. The molecule has 0 unspecified atom stereocenters. The van der Waals surface area contributed by atoms with Crippen molar-refractivity contribution in [3.8, 4) is 5.75 Å². The molecule has 2 aromatic carbocycles. The number of aryl methyl sites for hydroxylation is 2. The zero-order chi connectivity index (χ0) is 17.8. The molecule has 0 heterocycles. The fraction of sp³-hybridized carbons (Fsp3) is 0.300. The highest BCUT2D eigenvalue weighted by atomic mass is 16.5. The molecule has 1 fully saturated rings. The van der Waals surface area contributed by atoms with Crippen LogP contribution in [0.15, 0.2) is 42.5 Å². The molecule has 5 heteroatoms. The largest absolute Gasteiger partial charge is 0.484 e. The van der Waals surface area contributed by atoms with Crippen LogP contribution in [0.1, 0.15) is 24.0 Å². The molecule has 25 heavy (non-hydrogen) atoms. The monoisotopic (exact) mass is 338 g/mol. The number of amides is 2. The lowest BCUT2D eigenvalue weighted by Crippen LogP contribution is -2.20. The van der Waals surface area contributed by atoms with Crippen molar-refractivity contribution in [1.82, 2.24) is 0 Å². The summed E-state index contributed by atoms with van der Waals surface area (Å²) in [6, 6.07) is 12.9. The number of anilines is 2. The first kappa shape index (κ1) is 17.0. The van der Waals surface area contributed by atoms with Crippen molar-refractivity contribution in [2.24, 2.45) is 5.92 Å². The minimum atomic E-state index is -0.223. The Bertz CT molecular complexity index is 797. The number of rotatable bonds is 6. The number of hydrogen-bond acceptors (Lipinski definition) is 3. The van der Waals surface area contributed by atoms with Gasteiger partial charge in [0.25, 0.3) is 5.91 Å². The fourth-order valence-electron chi connectivity index (χ4n) is 2.54. The third-order valence-electron chi connectivity index (χ3n) is 4.08. The number of benzene rings is 2. The standard InChI is InChI=1S/C20H22N2O3/c1-13-6-9-18(14(2)10-13)22-19(23)12-25-17-5-3-4-16(11-17)21-20(24)15-7-8-15/h3-6,9-11,15H,7-8,12H2,1-2H3,(H,21,24)(H,22,23). The molecule has 2 N–H and O–H groups in total. The fourth-order valence-corrected chi connectivity index (χ4v) is 2.54. The summed E-state index contributed by atoms with van der Waals surface area (Å²) in [5, 5.41) is 5.71. The Balaban J connectivity index is 1.53. The van der Waals surface area contributed by atoms with Gasteiger partial charge in [-0.15, -0.1) is 0 Å². The van der Waals surface area contributed by atoms with Gasteiger partial charge in [-0.25, -0.2) is 0 Å². The Morgan fingerprint density at radius 1 is 1.08 bits per heavy atom. The van der Waals surface area contributed by atoms with Crippen LogP contribution >= 0.6 is 0 Å². The topological polar surface area (TPSA) is 67.4 Å². The van der Waals surface area contributed by atoms with Gasteiger partial charge in [0, 0.05) is 23.4 Å². The Morgan fingerprint density at radius 3 is 2.60 bits per heavy atom. The van der Waals surface area contributed by atoms with E-state index in [1.165, 1.54) is 0 Å². The van der Waals surface area contributed by atoms with E-state index in [0.29, 0.717) is 11.4 Å². The molecule has 2 aromatic rings. The molecule has 0 saturated heterocycles. The molecular weight excluding hydrogens is 316 g/mol. The van der Waals surface area contributed by atoms with Crippen molar-refractivity contribution in [3.05, 3.63) is 53.6 Å². The van der Waals surface area contributed by atoms with Crippen molar-refractivity contribution in [1.29, 1.82) is 0 Å². The third kappa shape index (κ3) is 4.83. The zero-order valence-corrected chi connectivity index (χ0v) is 14.5. The van der Waals surface area contributed by atoms with E-state index in [0.717, 1.165) is 29.7 Å². The Labute approximate surface area is 147 Å². The van der Waals surface area contributed by atoms with Crippen molar-refractivity contribution in [3.63, 3.8) is 0 Å². The average Bonchev–Trinajstić information content (AvgIpc) is 3.41. The molecule has 1 saturated carbocycles. The Hall–Kier alpha value is -2.82. The average molecular weight is 338 g/mol. The van der Waals surface area contributed by atoms with Gasteiger partial charge < -0.3 is 15.4 Å². The number of carbonyl (C=O) groups is 2. The molecule has 5 nitrogen and oxygen atoms in total. The first-order valence-electron chi connectivity index (χ1n) is 8.42. The van der Waals surface area contributed by atoms with Gasteiger partial charge in [0.15, 0.2) is 6.61 Å². The van der Waals surface area contributed by atoms with E-state index in [1.807, 2.05) is 38.1 Å². The van der Waals surface area contributed by atoms with Gasteiger partial charge in [-0.2, -0.15) is 0 Å². The second-order valence-corrected chi connectivity index (χ2v) is 6.45. The van der Waals surface area contributed by atoms with Gasteiger partial charge in [-0.1, -0.05) is 23.8 Å². The molecule has 0 aliphatic heterocycles. The van der Waals surface area contributed by atoms with Crippen molar-refractivity contribution in [2.75, 3.05) is 17.2 Å². The summed E-state index contributed by atoms with van der Waals surface area (Å²) in [6.07, 6.45) is 1.92. The smallest absolute Gasteiger partial charge is 0.262 e. The quantitative estimate of drug-likeness (QED) is 0.844. The SMILES string of the molecule is Cc1ccc(NC(=O)COc2cccc(NC(=O)C3CC3)c2)c(C)c1. The number of nitrogens with one attached hydrogen (secondary N) is 2. The van der Waals surface area contributed by atoms with Gasteiger partial charge in [0.05, 0.1) is 0 Å². The summed E-state index contributed by atoms with van der Waals surface area (Å²) < 4.78 is 5.54. The van der Waals surface area contributed by atoms with Gasteiger partial charge in [0.2, 0.25) is 5.91 Å². The van der Waals surface area contributed by atoms with Gasteiger partial charge in [-0.05, 0) is 50.5 Å². The van der Waals surface area contributed by atoms with E-state index in [-0.39, 0.29) is 24.3 Å². The minimum absolute atomic E-state index is 0.0461. The minimum Gasteiger partial charge on any atom is -0.484 e. The maximum Gasteiger partial charge on any atom is 0.262 e. The number of carbonyl (C=O) groups excluding carboxylic acids is 2. The molecule has 1 aliphatic rings. The first-order valence-corrected chi connectivity index (χ1v) is 8.42. The van der Waals surface area contributed by atoms with Crippen molar-refractivity contribution >= 4 is 23.2 Å². The molecule has 1 aliphatic carbocycles. The van der Waals surface area contributed by atoms with Gasteiger partial charge >= 0.3 is 0 Å². The molecule has 0 bridgehead atoms. The summed E-state index contributed by atoms with van der Waals surface area (Å²) >= 11 is 0. The van der Waals surface area contributed by atoms with Crippen LogP contribution in [0.5, 0.6) is 5.75 Å². The van der Waals surface area contributed by atoms with E-state index in [1.54, 1.807) is 18.2 Å². The summed E-state index contributed by atoms with van der Waals surface area (Å²) in [4.78, 5) is 23.9. The predicted molar refractivity (Wildman–Crippen MR) is 97.8 cm³/mol. The van der Waals surface area contributed by atoms with Crippen LogP contribution in [0.4, 0.5) is 11.4 Å². The molecule has 0 radical (unpaired) electrons. The van der Waals surface area contributed by atoms with E-state index in [9.17, 15) is 9.59 Å². The molecule has 3 rings (SSSR count). The lowest BCUT2D eigenvalue weighted by Gasteiger charge is -2.11. The van der Waals surface area contributed by atoms with Crippen LogP contribution in [-0.4, -0.2) is 18.4 Å². The van der Waals surface area contributed by atoms with E-state index >= 15 is 0 Å². The van der Waals surface area contributed by atoms with Crippen LogP contribution in [0, 0.1) is 19.8 Å². The molecule has 0 atom stereocenters. The maximum absolute atomic E-state index is 12.1. The Morgan fingerprint density at radius 2 is 1.88 bits per heavy atom. The van der Waals surface area contributed by atoms with E-state index in [2.05, 4.69) is 10.6 Å². The molecule has 0 aromatic heterocycles. The predicted octanol–water partition coefficient (Wildman–Crippen LogP) is 3.67. The molecule has 0 spiro atoms. The summed E-state index contributed by atoms with van der Waals surface area (Å²) in [5.74, 6) is 0.515. The van der Waals surface area contributed by atoms with Crippen LogP contribution in [-0.2, 0) is 9.59 Å². The van der Waals surface area contributed by atoms with E-state index in [4.69, 9.17) is 4.74 Å². The first-order chi connectivity index (χ1) is 12.0. The lowest BCUT2D eigenvalue weighted by atomic mass is 10.1. The van der Waals surface area contributed by atoms with Crippen LogP contribution in [0.2, 0.25) is 0 Å². The van der Waals surface area contributed by atoms with Crippen LogP contribution < -0.4 is 15.4 Å². The highest BCUT2D eigenvalue weighted by molar-refractivity contribution is 5.94. The van der Waals surface area contributed by atoms with Gasteiger partial charge in [-0.3, -0.25) is 9.59 Å². The normalized spacial score (nSPS) is 13.2. The summed E-state index contributed by atoms with van der Waals surface area (Å²) in [6.45, 7) is 3.87. The summed E-state index contributed by atoms with van der Waals surface area (Å²) in [5.41, 5.74) is 3.63. The van der Waals surface area contributed by atoms with E-state index < -0.39 is 0 Å². The zero-order valence-electron chi connectivity index (χ0n) is 14.5. The second kappa shape index (κ2) is 7.38. The van der Waals surface area contributed by atoms with Crippen molar-refractivity contribution in [2.45, 2.75) is 26.7 Å². The third-order valence-corrected chi connectivity index (χ3v) is 4.08.